The van der Waals surface area contributed by atoms with Gasteiger partial charge in [0.1, 0.15) is 0 Å². The number of aryl methyl sites for hydroxylation is 1. The molecule has 0 radical (unpaired) electrons. The van der Waals surface area contributed by atoms with Crippen molar-refractivity contribution in [3.8, 4) is 0 Å². The van der Waals surface area contributed by atoms with E-state index in [1.165, 1.54) is 0 Å². The highest BCUT2D eigenvalue weighted by molar-refractivity contribution is 5.98. The Bertz CT molecular complexity index is 563. The van der Waals surface area contributed by atoms with E-state index in [0.717, 1.165) is 24.8 Å². The summed E-state index contributed by atoms with van der Waals surface area (Å²) >= 11 is 0. The summed E-state index contributed by atoms with van der Waals surface area (Å²) in [5.74, 6) is 0.146. The van der Waals surface area contributed by atoms with Crippen LogP contribution in [0.1, 0.15) is 42.1 Å². The van der Waals surface area contributed by atoms with Gasteiger partial charge in [-0.3, -0.25) is 9.59 Å². The lowest BCUT2D eigenvalue weighted by Crippen LogP contribution is -2.30. The molecule has 0 aromatic heterocycles. The van der Waals surface area contributed by atoms with Crippen molar-refractivity contribution < 1.29 is 9.59 Å². The Morgan fingerprint density at radius 1 is 1.30 bits per heavy atom. The fourth-order valence-electron chi connectivity index (χ4n) is 3.05. The second-order valence-corrected chi connectivity index (χ2v) is 5.91. The van der Waals surface area contributed by atoms with Crippen molar-refractivity contribution in [2.75, 3.05) is 18.4 Å². The van der Waals surface area contributed by atoms with Crippen LogP contribution in [0.2, 0.25) is 0 Å². The summed E-state index contributed by atoms with van der Waals surface area (Å²) in [6.45, 7) is 4.93. The molecular weight excluding hydrogens is 314 g/mol. The van der Waals surface area contributed by atoms with E-state index in [0.29, 0.717) is 24.3 Å². The van der Waals surface area contributed by atoms with E-state index in [9.17, 15) is 9.59 Å². The number of carbonyl (C=O) groups excluding carboxylic acids is 2. The van der Waals surface area contributed by atoms with Crippen LogP contribution in [-0.4, -0.2) is 24.9 Å². The Labute approximate surface area is 143 Å². The summed E-state index contributed by atoms with van der Waals surface area (Å²) in [5, 5.41) is 5.74. The highest BCUT2D eigenvalue weighted by Gasteiger charge is 2.32. The molecule has 23 heavy (non-hydrogen) atoms. The third kappa shape index (κ3) is 4.69. The van der Waals surface area contributed by atoms with E-state index in [4.69, 9.17) is 5.73 Å². The smallest absolute Gasteiger partial charge is 0.251 e. The largest absolute Gasteiger partial charge is 0.352 e. The Morgan fingerprint density at radius 3 is 2.70 bits per heavy atom. The van der Waals surface area contributed by atoms with Crippen molar-refractivity contribution in [2.45, 2.75) is 33.1 Å². The molecule has 5 nitrogen and oxygen atoms in total. The first kappa shape index (κ1) is 19.5. The van der Waals surface area contributed by atoms with Gasteiger partial charge < -0.3 is 16.4 Å². The molecule has 2 atom stereocenters. The number of rotatable bonds is 5. The SMILES string of the molecule is CCNC(=O)c1ccc(C)c(NC(=O)[C@@H]2CCC[C@@H]2CN)c1.Cl. The summed E-state index contributed by atoms with van der Waals surface area (Å²) in [4.78, 5) is 24.4. The maximum absolute atomic E-state index is 12.5. The van der Waals surface area contributed by atoms with Gasteiger partial charge in [0, 0.05) is 23.7 Å². The van der Waals surface area contributed by atoms with E-state index in [1.807, 2.05) is 19.9 Å². The zero-order valence-electron chi connectivity index (χ0n) is 13.7. The Hall–Kier alpha value is -1.59. The number of hydrogen-bond donors (Lipinski definition) is 3. The molecule has 2 rings (SSSR count). The molecule has 2 amide bonds. The van der Waals surface area contributed by atoms with E-state index >= 15 is 0 Å². The van der Waals surface area contributed by atoms with E-state index in [-0.39, 0.29) is 36.1 Å². The molecule has 0 heterocycles. The quantitative estimate of drug-likeness (QED) is 0.770. The number of nitrogens with two attached hydrogens (primary N) is 1. The molecule has 6 heteroatoms. The van der Waals surface area contributed by atoms with E-state index in [2.05, 4.69) is 10.6 Å². The van der Waals surface area contributed by atoms with Gasteiger partial charge in [0.15, 0.2) is 0 Å². The van der Waals surface area contributed by atoms with Gasteiger partial charge in [0.2, 0.25) is 5.91 Å². The molecule has 1 fully saturated rings. The molecular formula is C17H26ClN3O2. The van der Waals surface area contributed by atoms with Crippen molar-refractivity contribution in [1.29, 1.82) is 0 Å². The lowest BCUT2D eigenvalue weighted by atomic mass is 9.95. The fourth-order valence-corrected chi connectivity index (χ4v) is 3.05. The fraction of sp³-hybridized carbons (Fsp3) is 0.529. The summed E-state index contributed by atoms with van der Waals surface area (Å²) in [6.07, 6.45) is 2.97. The predicted molar refractivity (Wildman–Crippen MR) is 94.9 cm³/mol. The first-order valence-electron chi connectivity index (χ1n) is 7.96. The lowest BCUT2D eigenvalue weighted by molar-refractivity contribution is -0.120. The molecule has 1 aliphatic rings. The number of halogens is 1. The number of anilines is 1. The van der Waals surface area contributed by atoms with E-state index < -0.39 is 0 Å². The monoisotopic (exact) mass is 339 g/mol. The Balaban J connectivity index is 0.00000264. The van der Waals surface area contributed by atoms with Crippen LogP contribution in [-0.2, 0) is 4.79 Å². The molecule has 0 aliphatic heterocycles. The molecule has 0 saturated heterocycles. The van der Waals surface area contributed by atoms with Gasteiger partial charge in [-0.1, -0.05) is 12.5 Å². The maximum atomic E-state index is 12.5. The minimum absolute atomic E-state index is 0. The summed E-state index contributed by atoms with van der Waals surface area (Å²) < 4.78 is 0. The van der Waals surface area contributed by atoms with Crippen LogP contribution < -0.4 is 16.4 Å². The molecule has 1 aliphatic carbocycles. The molecule has 0 bridgehead atoms. The summed E-state index contributed by atoms with van der Waals surface area (Å²) in [7, 11) is 0. The highest BCUT2D eigenvalue weighted by atomic mass is 35.5. The van der Waals surface area contributed by atoms with Crippen LogP contribution in [0, 0.1) is 18.8 Å². The predicted octanol–water partition coefficient (Wildman–Crippen LogP) is 2.48. The molecule has 0 unspecified atom stereocenters. The summed E-state index contributed by atoms with van der Waals surface area (Å²) in [5.41, 5.74) is 7.96. The molecule has 1 aromatic rings. The first-order chi connectivity index (χ1) is 10.6. The first-order valence-corrected chi connectivity index (χ1v) is 7.96. The van der Waals surface area contributed by atoms with Crippen LogP contribution in [0.15, 0.2) is 18.2 Å². The van der Waals surface area contributed by atoms with Crippen molar-refractivity contribution in [3.63, 3.8) is 0 Å². The van der Waals surface area contributed by atoms with Gasteiger partial charge in [0.25, 0.3) is 5.91 Å². The Kier molecular flexibility index (Phi) is 7.52. The van der Waals surface area contributed by atoms with Crippen molar-refractivity contribution in [2.24, 2.45) is 17.6 Å². The molecule has 4 N–H and O–H groups in total. The number of carbonyl (C=O) groups is 2. The van der Waals surface area contributed by atoms with Gasteiger partial charge in [0.05, 0.1) is 0 Å². The zero-order chi connectivity index (χ0) is 16.1. The third-order valence-electron chi connectivity index (χ3n) is 4.39. The lowest BCUT2D eigenvalue weighted by Gasteiger charge is -2.18. The summed E-state index contributed by atoms with van der Waals surface area (Å²) in [6, 6.07) is 5.37. The van der Waals surface area contributed by atoms with Crippen LogP contribution in [0.25, 0.3) is 0 Å². The van der Waals surface area contributed by atoms with Crippen LogP contribution in [0.5, 0.6) is 0 Å². The minimum Gasteiger partial charge on any atom is -0.352 e. The number of nitrogens with one attached hydrogen (secondary N) is 2. The average molecular weight is 340 g/mol. The molecule has 1 aromatic carbocycles. The third-order valence-corrected chi connectivity index (χ3v) is 4.39. The van der Waals surface area contributed by atoms with E-state index in [1.54, 1.807) is 12.1 Å². The standard InChI is InChI=1S/C17H25N3O2.ClH/c1-3-19-16(21)12-8-7-11(2)15(9-12)20-17(22)14-6-4-5-13(14)10-18;/h7-9,13-14H,3-6,10,18H2,1-2H3,(H,19,21)(H,20,22);1H/t13-,14-;/m1./s1. The van der Waals surface area contributed by atoms with Crippen molar-refractivity contribution >= 4 is 29.9 Å². The number of benzene rings is 1. The topological polar surface area (TPSA) is 84.2 Å². The maximum Gasteiger partial charge on any atom is 0.251 e. The van der Waals surface area contributed by atoms with Gasteiger partial charge in [-0.25, -0.2) is 0 Å². The molecule has 0 spiro atoms. The van der Waals surface area contributed by atoms with Crippen LogP contribution in [0.4, 0.5) is 5.69 Å². The normalized spacial score (nSPS) is 19.8. The molecule has 128 valence electrons. The van der Waals surface area contributed by atoms with Gasteiger partial charge in [-0.15, -0.1) is 12.4 Å². The number of hydrogen-bond acceptors (Lipinski definition) is 3. The second-order valence-electron chi connectivity index (χ2n) is 5.91. The van der Waals surface area contributed by atoms with Crippen LogP contribution >= 0.6 is 12.4 Å². The number of amides is 2. The van der Waals surface area contributed by atoms with Gasteiger partial charge >= 0.3 is 0 Å². The average Bonchev–Trinajstić information content (AvgIpc) is 2.98. The van der Waals surface area contributed by atoms with Crippen LogP contribution in [0.3, 0.4) is 0 Å². The highest BCUT2D eigenvalue weighted by Crippen LogP contribution is 2.32. The zero-order valence-corrected chi connectivity index (χ0v) is 14.5. The second kappa shape index (κ2) is 8.89. The van der Waals surface area contributed by atoms with Gasteiger partial charge in [-0.2, -0.15) is 0 Å². The van der Waals surface area contributed by atoms with Crippen molar-refractivity contribution in [3.05, 3.63) is 29.3 Å². The molecule has 1 saturated carbocycles. The van der Waals surface area contributed by atoms with Gasteiger partial charge in [-0.05, 0) is 56.8 Å². The minimum atomic E-state index is -0.126. The Morgan fingerprint density at radius 2 is 2.04 bits per heavy atom. The van der Waals surface area contributed by atoms with Crippen molar-refractivity contribution in [1.82, 2.24) is 5.32 Å².